The zero-order valence-corrected chi connectivity index (χ0v) is 12.2. The van der Waals surface area contributed by atoms with Crippen LogP contribution in [0.3, 0.4) is 0 Å². The molecule has 0 spiro atoms. The number of benzene rings is 1. The third-order valence-electron chi connectivity index (χ3n) is 6.66. The van der Waals surface area contributed by atoms with Crippen LogP contribution < -0.4 is 0 Å². The zero-order valence-electron chi connectivity index (χ0n) is 12.2. The Bertz CT molecular complexity index is 538. The third kappa shape index (κ3) is 1.60. The standard InChI is InChI=1S/C18H24O2/c1-18-9-8-14-13-5-3-12(19)10-11(13)2-4-15(14)16(18)6-7-17(18)20/h3,5,10,14-17,19-20H,2,4,6-9H2,1H3/t14-,15-,16+,17+,18+/m1/s1/i10+1,12+1. The number of hydrogen-bond donors (Lipinski definition) is 2. The highest BCUT2D eigenvalue weighted by atomic mass is 16.3. The zero-order chi connectivity index (χ0) is 13.9. The van der Waals surface area contributed by atoms with Crippen molar-refractivity contribution in [3.8, 4) is 5.75 Å². The largest absolute Gasteiger partial charge is 0.508 e. The molecular weight excluding hydrogens is 250 g/mol. The number of aryl methyl sites for hydroxylation is 1. The Morgan fingerprint density at radius 3 is 2.85 bits per heavy atom. The predicted octanol–water partition coefficient (Wildman–Crippen LogP) is 3.61. The van der Waals surface area contributed by atoms with E-state index in [1.165, 1.54) is 30.4 Å². The number of phenols is 1. The molecule has 2 nitrogen and oxygen atoms in total. The van der Waals surface area contributed by atoms with E-state index >= 15 is 0 Å². The summed E-state index contributed by atoms with van der Waals surface area (Å²) in [6.07, 6.45) is 6.78. The molecule has 2 saturated carbocycles. The summed E-state index contributed by atoms with van der Waals surface area (Å²) >= 11 is 0. The van der Waals surface area contributed by atoms with Crippen LogP contribution in [0, 0.1) is 17.3 Å². The molecule has 0 saturated heterocycles. The van der Waals surface area contributed by atoms with Gasteiger partial charge in [-0.1, -0.05) is 13.0 Å². The van der Waals surface area contributed by atoms with Crippen LogP contribution in [0.5, 0.6) is 5.75 Å². The van der Waals surface area contributed by atoms with Crippen LogP contribution in [0.15, 0.2) is 18.2 Å². The minimum Gasteiger partial charge on any atom is -0.508 e. The summed E-state index contributed by atoms with van der Waals surface area (Å²) in [6.45, 7) is 2.32. The Labute approximate surface area is 120 Å². The fourth-order valence-electron chi connectivity index (χ4n) is 5.54. The van der Waals surface area contributed by atoms with Gasteiger partial charge in [-0.3, -0.25) is 0 Å². The molecule has 2 fully saturated rings. The van der Waals surface area contributed by atoms with Gasteiger partial charge in [0.2, 0.25) is 0 Å². The highest BCUT2D eigenvalue weighted by molar-refractivity contribution is 5.40. The van der Waals surface area contributed by atoms with Gasteiger partial charge in [0.15, 0.2) is 0 Å². The van der Waals surface area contributed by atoms with Gasteiger partial charge in [0, 0.05) is 0 Å². The van der Waals surface area contributed by atoms with Crippen molar-refractivity contribution in [1.29, 1.82) is 0 Å². The number of hydrogen-bond acceptors (Lipinski definition) is 2. The number of aromatic hydroxyl groups is 1. The van der Waals surface area contributed by atoms with Crippen molar-refractivity contribution in [3.05, 3.63) is 29.3 Å². The smallest absolute Gasteiger partial charge is 0.115 e. The second kappa shape index (κ2) is 4.24. The quantitative estimate of drug-likeness (QED) is 0.758. The molecule has 0 bridgehead atoms. The van der Waals surface area contributed by atoms with Gasteiger partial charge in [-0.15, -0.1) is 0 Å². The molecule has 0 amide bonds. The van der Waals surface area contributed by atoms with E-state index in [1.807, 2.05) is 12.1 Å². The molecule has 20 heavy (non-hydrogen) atoms. The van der Waals surface area contributed by atoms with E-state index in [4.69, 9.17) is 0 Å². The fraction of sp³-hybridized carbons (Fsp3) is 0.667. The number of aliphatic hydroxyl groups is 1. The van der Waals surface area contributed by atoms with E-state index in [0.717, 1.165) is 25.2 Å². The lowest BCUT2D eigenvalue weighted by atomic mass is 9.56. The maximum atomic E-state index is 10.4. The molecule has 1 aromatic rings. The van der Waals surface area contributed by atoms with Crippen LogP contribution in [0.4, 0.5) is 0 Å². The molecule has 1 aromatic carbocycles. The van der Waals surface area contributed by atoms with E-state index in [2.05, 4.69) is 13.0 Å². The van der Waals surface area contributed by atoms with Crippen LogP contribution in [0.1, 0.15) is 56.1 Å². The topological polar surface area (TPSA) is 40.5 Å². The summed E-state index contributed by atoms with van der Waals surface area (Å²) in [5, 5.41) is 20.0. The Balaban J connectivity index is 1.71. The molecule has 4 rings (SSSR count). The first-order valence-electron chi connectivity index (χ1n) is 8.09. The maximum Gasteiger partial charge on any atom is 0.115 e. The Morgan fingerprint density at radius 1 is 1.15 bits per heavy atom. The summed E-state index contributed by atoms with van der Waals surface area (Å²) < 4.78 is 0. The summed E-state index contributed by atoms with van der Waals surface area (Å²) in [5.41, 5.74) is 2.99. The average molecular weight is 274 g/mol. The highest BCUT2D eigenvalue weighted by Gasteiger charge is 2.54. The van der Waals surface area contributed by atoms with Crippen molar-refractivity contribution < 1.29 is 10.2 Å². The van der Waals surface area contributed by atoms with E-state index in [0.29, 0.717) is 17.6 Å². The van der Waals surface area contributed by atoms with Gasteiger partial charge in [0.1, 0.15) is 5.75 Å². The molecule has 0 aromatic heterocycles. The predicted molar refractivity (Wildman–Crippen MR) is 78.7 cm³/mol. The van der Waals surface area contributed by atoms with Crippen LogP contribution >= 0.6 is 0 Å². The summed E-state index contributed by atoms with van der Waals surface area (Å²) in [5.74, 6) is 2.49. The molecule has 0 heterocycles. The summed E-state index contributed by atoms with van der Waals surface area (Å²) in [4.78, 5) is 0. The maximum absolute atomic E-state index is 10.4. The molecule has 0 unspecified atom stereocenters. The number of rotatable bonds is 0. The Hall–Kier alpha value is -1.02. The van der Waals surface area contributed by atoms with Crippen LogP contribution in [-0.4, -0.2) is 16.3 Å². The van der Waals surface area contributed by atoms with Crippen molar-refractivity contribution in [1.82, 2.24) is 0 Å². The molecular formula is C18H24O2. The van der Waals surface area contributed by atoms with Gasteiger partial charge < -0.3 is 10.2 Å². The summed E-state index contributed by atoms with van der Waals surface area (Å²) in [6, 6.07) is 5.96. The molecule has 3 aliphatic rings. The van der Waals surface area contributed by atoms with Gasteiger partial charge >= 0.3 is 0 Å². The van der Waals surface area contributed by atoms with Crippen LogP contribution in [-0.2, 0) is 6.42 Å². The van der Waals surface area contributed by atoms with Crippen molar-refractivity contribution in [3.63, 3.8) is 0 Å². The number of phenolic OH excluding ortho intramolecular Hbond substituents is 1. The molecule has 2 heteroatoms. The minimum absolute atomic E-state index is 0.0883. The van der Waals surface area contributed by atoms with Gasteiger partial charge in [0.05, 0.1) is 6.10 Å². The lowest BCUT2D eigenvalue weighted by Crippen LogP contribution is -2.43. The molecule has 2 N–H and O–H groups in total. The minimum atomic E-state index is -0.0883. The van der Waals surface area contributed by atoms with Gasteiger partial charge in [-0.05, 0) is 85.0 Å². The van der Waals surface area contributed by atoms with E-state index in [9.17, 15) is 10.2 Å². The molecule has 0 aliphatic heterocycles. The average Bonchev–Trinajstić information content (AvgIpc) is 2.74. The highest BCUT2D eigenvalue weighted by Crippen LogP contribution is 2.60. The van der Waals surface area contributed by atoms with Crippen molar-refractivity contribution >= 4 is 0 Å². The number of aliphatic hydroxyl groups excluding tert-OH is 1. The first-order valence-corrected chi connectivity index (χ1v) is 8.09. The molecule has 5 atom stereocenters. The van der Waals surface area contributed by atoms with Crippen molar-refractivity contribution in [2.75, 3.05) is 0 Å². The van der Waals surface area contributed by atoms with Gasteiger partial charge in [-0.2, -0.15) is 0 Å². The van der Waals surface area contributed by atoms with E-state index in [1.54, 1.807) is 0 Å². The molecule has 3 aliphatic carbocycles. The lowest BCUT2D eigenvalue weighted by molar-refractivity contribution is -0.0226. The first-order chi connectivity index (χ1) is 9.59. The second-order valence-electron chi connectivity index (χ2n) is 7.44. The van der Waals surface area contributed by atoms with Crippen LogP contribution in [0.25, 0.3) is 0 Å². The fourth-order valence-corrected chi connectivity index (χ4v) is 5.54. The van der Waals surface area contributed by atoms with Gasteiger partial charge in [0.25, 0.3) is 0 Å². The van der Waals surface area contributed by atoms with E-state index < -0.39 is 0 Å². The molecule has 0 radical (unpaired) electrons. The SMILES string of the molecule is C[C@]12CC[C@@H]3c4cc[13c](O)[13cH]c4CC[C@H]3[C@@H]1CC[C@@H]2O. The van der Waals surface area contributed by atoms with Crippen molar-refractivity contribution in [2.45, 2.75) is 57.5 Å². The second-order valence-corrected chi connectivity index (χ2v) is 7.44. The van der Waals surface area contributed by atoms with Gasteiger partial charge in [-0.25, -0.2) is 0 Å². The normalized spacial score (nSPS) is 42.7. The lowest BCUT2D eigenvalue weighted by Gasteiger charge is -2.50. The number of fused-ring (bicyclic) bond motifs is 5. The summed E-state index contributed by atoms with van der Waals surface area (Å²) in [7, 11) is 0. The molecule has 108 valence electrons. The van der Waals surface area contributed by atoms with E-state index in [-0.39, 0.29) is 11.5 Å². The Kier molecular flexibility index (Phi) is 2.69. The monoisotopic (exact) mass is 274 g/mol. The van der Waals surface area contributed by atoms with Crippen LogP contribution in [0.2, 0.25) is 0 Å². The Morgan fingerprint density at radius 2 is 2.00 bits per heavy atom. The first kappa shape index (κ1) is 12.7. The third-order valence-corrected chi connectivity index (χ3v) is 6.66. The van der Waals surface area contributed by atoms with Crippen molar-refractivity contribution in [2.24, 2.45) is 17.3 Å².